The van der Waals surface area contributed by atoms with E-state index in [0.29, 0.717) is 62.7 Å². The summed E-state index contributed by atoms with van der Waals surface area (Å²) >= 11 is 5.29. The predicted octanol–water partition coefficient (Wildman–Crippen LogP) is 4.75. The lowest BCUT2D eigenvalue weighted by atomic mass is 9.90. The molecule has 2 saturated heterocycles. The van der Waals surface area contributed by atoms with E-state index in [2.05, 4.69) is 41.8 Å². The monoisotopic (exact) mass is 1020 g/mol. The molecule has 1 saturated carbocycles. The van der Waals surface area contributed by atoms with Crippen LogP contribution in [0.1, 0.15) is 112 Å². The normalized spacial score (nSPS) is 19.2. The molecular formula is C51H85N7O10S2. The van der Waals surface area contributed by atoms with Crippen LogP contribution in [0.4, 0.5) is 0 Å². The number of likely N-dealkylation sites (tertiary alicyclic amines) is 2. The lowest BCUT2D eigenvalue weighted by Crippen LogP contribution is -2.55. The van der Waals surface area contributed by atoms with Gasteiger partial charge < -0.3 is 39.5 Å². The second-order valence-electron chi connectivity index (χ2n) is 19.7. The van der Waals surface area contributed by atoms with Crippen LogP contribution in [0.15, 0.2) is 24.3 Å². The average Bonchev–Trinajstić information content (AvgIpc) is 4.04. The minimum absolute atomic E-state index is 0.0151. The van der Waals surface area contributed by atoms with Crippen molar-refractivity contribution in [2.75, 3.05) is 68.1 Å². The number of piperidine rings is 1. The summed E-state index contributed by atoms with van der Waals surface area (Å²) in [5.74, 6) is -2.01. The Labute approximate surface area is 427 Å². The average molecular weight is 1020 g/mol. The fourth-order valence-electron chi connectivity index (χ4n) is 9.33. The summed E-state index contributed by atoms with van der Waals surface area (Å²) in [4.78, 5) is 100.0. The molecule has 4 rings (SSSR count). The van der Waals surface area contributed by atoms with Gasteiger partial charge in [0.05, 0.1) is 49.2 Å². The Morgan fingerprint density at radius 2 is 1.46 bits per heavy atom. The van der Waals surface area contributed by atoms with Gasteiger partial charge in [-0.3, -0.25) is 43.2 Å². The minimum atomic E-state index is -0.919. The van der Waals surface area contributed by atoms with Gasteiger partial charge in [-0.1, -0.05) is 73.4 Å². The third-order valence-corrected chi connectivity index (χ3v) is 15.1. The van der Waals surface area contributed by atoms with Gasteiger partial charge in [-0.25, -0.2) is 0 Å². The Morgan fingerprint density at radius 1 is 0.829 bits per heavy atom. The van der Waals surface area contributed by atoms with Crippen molar-refractivity contribution in [2.24, 2.45) is 23.7 Å². The van der Waals surface area contributed by atoms with E-state index >= 15 is 0 Å². The van der Waals surface area contributed by atoms with Gasteiger partial charge in [0.2, 0.25) is 23.6 Å². The number of carbonyl (C=O) groups excluding carboxylic acids is 7. The molecule has 2 aliphatic heterocycles. The zero-order chi connectivity index (χ0) is 52.2. The smallest absolute Gasteiger partial charge is 0.260 e. The van der Waals surface area contributed by atoms with E-state index in [1.165, 1.54) is 32.6 Å². The van der Waals surface area contributed by atoms with Gasteiger partial charge in [0.15, 0.2) is 11.7 Å². The Bertz CT molecular complexity index is 1840. The van der Waals surface area contributed by atoms with Crippen LogP contribution in [0.3, 0.4) is 0 Å². The maximum atomic E-state index is 14.3. The van der Waals surface area contributed by atoms with Crippen LogP contribution < -0.4 is 20.1 Å². The largest absolute Gasteiger partial charge is 0.484 e. The number of likely N-dealkylation sites (N-methyl/N-ethyl adjacent to an activating group) is 2. The standard InChI is InChI=1S/C48H77N7O10S2.C3H8/c1-11-30(4)43(53(8)40(57)27-49-47(61)42(29(2)3)52(6)7)38(63-9)26-39(56)55-22-12-13-37(55)44(64-10)31(5)45(59)50-36(46(60)51-67-35-18-19-35)25-32-14-16-34(17-15-32)65-28-41(58)54-23-20-33(21-24-54)48(62)66;1-3-2/h14-17,29-31,33,35-38,42-44H,11-13,18-28H2,1-10H3,(H,49,61)(H,50,59)(H,51,60)(H,62,66);3H2,1-2H3/t30?,31?,36-,37?,38?,42?,43?,44?;/m0./s1. The number of benzene rings is 1. The SMILES string of the molecule is CCC.CCC(C)C(C(CC(=O)N1CCCC1C(OC)C(C)C(=O)N[C@@H](Cc1ccc(OCC(=O)N2CCC(C(=O)S)CC2)cc1)C(=O)NSC1CC1)OC)N(C)C(=O)CNC(=O)C(C(C)C)N(C)C. The molecule has 3 fully saturated rings. The molecule has 0 spiro atoms. The third-order valence-electron chi connectivity index (χ3n) is 13.6. The molecule has 0 aromatic heterocycles. The number of carbonyl (C=O) groups is 7. The molecule has 1 aromatic rings. The van der Waals surface area contributed by atoms with E-state index in [0.717, 1.165) is 18.4 Å². The van der Waals surface area contributed by atoms with E-state index in [4.69, 9.17) is 14.2 Å². The first kappa shape index (κ1) is 60.4. The molecule has 19 heteroatoms. The predicted molar refractivity (Wildman–Crippen MR) is 277 cm³/mol. The van der Waals surface area contributed by atoms with Gasteiger partial charge in [0, 0.05) is 58.5 Å². The van der Waals surface area contributed by atoms with Crippen molar-refractivity contribution in [1.29, 1.82) is 0 Å². The van der Waals surface area contributed by atoms with Crippen molar-refractivity contribution in [2.45, 2.75) is 154 Å². The number of ether oxygens (including phenoxy) is 3. The Balaban J connectivity index is 0.00000421. The fraction of sp³-hybridized carbons (Fsp3) is 0.745. The maximum absolute atomic E-state index is 14.3. The second kappa shape index (κ2) is 30.2. The second-order valence-corrected chi connectivity index (χ2v) is 21.2. The van der Waals surface area contributed by atoms with Crippen molar-refractivity contribution in [3.8, 4) is 5.75 Å². The zero-order valence-corrected chi connectivity index (χ0v) is 45.7. The third kappa shape index (κ3) is 18.3. The van der Waals surface area contributed by atoms with Gasteiger partial charge in [-0.2, -0.15) is 0 Å². The number of nitrogens with one attached hydrogen (secondary N) is 3. The summed E-state index contributed by atoms with van der Waals surface area (Å²) in [6.45, 7) is 15.0. The fourth-order valence-corrected chi connectivity index (χ4v) is 10.4. The Hall–Kier alpha value is -3.91. The van der Waals surface area contributed by atoms with Crippen LogP contribution in [-0.4, -0.2) is 170 Å². The molecule has 1 aromatic carbocycles. The Morgan fingerprint density at radius 3 is 1.99 bits per heavy atom. The van der Waals surface area contributed by atoms with Crippen LogP contribution in [0.2, 0.25) is 0 Å². The van der Waals surface area contributed by atoms with Gasteiger partial charge >= 0.3 is 0 Å². The highest BCUT2D eigenvalue weighted by atomic mass is 32.2. The molecule has 0 radical (unpaired) electrons. The number of hydrogen-bond donors (Lipinski definition) is 4. The number of thiol groups is 1. The first-order chi connectivity index (χ1) is 33.2. The van der Waals surface area contributed by atoms with Crippen LogP contribution in [-0.2, 0) is 49.5 Å². The van der Waals surface area contributed by atoms with Crippen LogP contribution in [0, 0.1) is 23.7 Å². The summed E-state index contributed by atoms with van der Waals surface area (Å²) in [5.41, 5.74) is 0.766. The molecule has 3 aliphatic rings. The first-order valence-electron chi connectivity index (χ1n) is 25.3. The quantitative estimate of drug-likeness (QED) is 0.0736. The molecule has 396 valence electrons. The van der Waals surface area contributed by atoms with Gasteiger partial charge in [0.1, 0.15) is 11.8 Å². The summed E-state index contributed by atoms with van der Waals surface area (Å²) in [5, 5.41) is 5.99. The number of rotatable bonds is 26. The van der Waals surface area contributed by atoms with Crippen molar-refractivity contribution in [1.82, 2.24) is 35.0 Å². The van der Waals surface area contributed by atoms with Crippen LogP contribution >= 0.6 is 24.6 Å². The van der Waals surface area contributed by atoms with Gasteiger partial charge in [-0.15, -0.1) is 12.6 Å². The van der Waals surface area contributed by atoms with Gasteiger partial charge in [0.25, 0.3) is 11.8 Å². The molecular weight excluding hydrogens is 935 g/mol. The first-order valence-corrected chi connectivity index (χ1v) is 26.6. The molecule has 0 bridgehead atoms. The summed E-state index contributed by atoms with van der Waals surface area (Å²) in [6.07, 6.45) is 5.28. The van der Waals surface area contributed by atoms with Crippen molar-refractivity contribution in [3.05, 3.63) is 29.8 Å². The number of methoxy groups -OCH3 is 2. The molecule has 8 atom stereocenters. The zero-order valence-electron chi connectivity index (χ0n) is 44.0. The van der Waals surface area contributed by atoms with E-state index in [1.807, 2.05) is 46.7 Å². The van der Waals surface area contributed by atoms with Crippen LogP contribution in [0.5, 0.6) is 5.75 Å². The highest BCUT2D eigenvalue weighted by Crippen LogP contribution is 2.32. The van der Waals surface area contributed by atoms with E-state index in [9.17, 15) is 33.6 Å². The van der Waals surface area contributed by atoms with E-state index in [-0.39, 0.29) is 78.4 Å². The van der Waals surface area contributed by atoms with Gasteiger partial charge in [-0.05, 0) is 94.1 Å². The minimum Gasteiger partial charge on any atom is -0.484 e. The number of hydrogen-bond acceptors (Lipinski definition) is 12. The molecule has 3 N–H and O–H groups in total. The maximum Gasteiger partial charge on any atom is 0.260 e. The topological polar surface area (TPSA) is 196 Å². The summed E-state index contributed by atoms with van der Waals surface area (Å²) < 4.78 is 20.7. The lowest BCUT2D eigenvalue weighted by Gasteiger charge is -2.39. The van der Waals surface area contributed by atoms with Crippen molar-refractivity contribution in [3.63, 3.8) is 0 Å². The van der Waals surface area contributed by atoms with Crippen LogP contribution in [0.25, 0.3) is 0 Å². The molecule has 70 heavy (non-hydrogen) atoms. The van der Waals surface area contributed by atoms with Crippen molar-refractivity contribution >= 4 is 65.1 Å². The summed E-state index contributed by atoms with van der Waals surface area (Å²) in [6, 6.07) is 4.83. The van der Waals surface area contributed by atoms with Crippen molar-refractivity contribution < 1.29 is 47.8 Å². The molecule has 1 aliphatic carbocycles. The van der Waals surface area contributed by atoms with E-state index in [1.54, 1.807) is 52.9 Å². The summed E-state index contributed by atoms with van der Waals surface area (Å²) in [7, 11) is 8.40. The highest BCUT2D eigenvalue weighted by Gasteiger charge is 2.43. The number of amides is 6. The number of nitrogens with zero attached hydrogens (tertiary/aromatic N) is 4. The van der Waals surface area contributed by atoms with E-state index < -0.39 is 48.2 Å². The molecule has 7 unspecified atom stereocenters. The molecule has 2 heterocycles. The molecule has 6 amide bonds. The molecule has 17 nitrogen and oxygen atoms in total. The Kier molecular flexibility index (Phi) is 26.1. The highest BCUT2D eigenvalue weighted by molar-refractivity contribution is 7.98. The lowest BCUT2D eigenvalue weighted by molar-refractivity contribution is -0.146.